The molecule has 2 unspecified atom stereocenters. The SMILES string of the molecule is COc1ccc(/C(O)=C2\C(=O)C(=O)N(CC3CCCO3)C2c2ccccc2C)cc1C. The van der Waals surface area contributed by atoms with Crippen LogP contribution in [-0.2, 0) is 14.3 Å². The molecule has 1 N–H and O–H groups in total. The lowest BCUT2D eigenvalue weighted by molar-refractivity contribution is -0.140. The van der Waals surface area contributed by atoms with Crippen LogP contribution in [0.2, 0.25) is 0 Å². The Hall–Kier alpha value is -3.12. The molecule has 2 aromatic carbocycles. The maximum Gasteiger partial charge on any atom is 0.295 e. The van der Waals surface area contributed by atoms with Gasteiger partial charge in [0.1, 0.15) is 11.5 Å². The number of aliphatic hydroxyl groups excluding tert-OH is 1. The first-order valence-corrected chi connectivity index (χ1v) is 10.5. The van der Waals surface area contributed by atoms with E-state index in [1.54, 1.807) is 30.2 Å². The third-order valence-electron chi connectivity index (χ3n) is 6.12. The lowest BCUT2D eigenvalue weighted by Gasteiger charge is -2.28. The van der Waals surface area contributed by atoms with Crippen LogP contribution in [0.5, 0.6) is 5.75 Å². The number of benzene rings is 2. The molecule has 2 aromatic rings. The summed E-state index contributed by atoms with van der Waals surface area (Å²) in [5.74, 6) is -0.759. The fourth-order valence-electron chi connectivity index (χ4n) is 4.47. The van der Waals surface area contributed by atoms with E-state index in [0.717, 1.165) is 29.5 Å². The number of methoxy groups -OCH3 is 1. The molecule has 0 aromatic heterocycles. The molecule has 0 aliphatic carbocycles. The Kier molecular flexibility index (Phi) is 5.83. The van der Waals surface area contributed by atoms with Crippen molar-refractivity contribution in [2.45, 2.75) is 38.8 Å². The second-order valence-electron chi connectivity index (χ2n) is 8.13. The summed E-state index contributed by atoms with van der Waals surface area (Å²) in [5, 5.41) is 11.2. The van der Waals surface area contributed by atoms with Crippen molar-refractivity contribution < 1.29 is 24.2 Å². The van der Waals surface area contributed by atoms with E-state index in [1.165, 1.54) is 0 Å². The smallest absolute Gasteiger partial charge is 0.295 e. The predicted octanol–water partition coefficient (Wildman–Crippen LogP) is 3.91. The van der Waals surface area contributed by atoms with E-state index in [1.807, 2.05) is 38.1 Å². The first kappa shape index (κ1) is 21.1. The maximum atomic E-state index is 13.1. The monoisotopic (exact) mass is 421 g/mol. The van der Waals surface area contributed by atoms with Gasteiger partial charge in [-0.05, 0) is 61.6 Å². The first-order chi connectivity index (χ1) is 14.9. The van der Waals surface area contributed by atoms with Crippen molar-refractivity contribution in [2.24, 2.45) is 0 Å². The van der Waals surface area contributed by atoms with E-state index < -0.39 is 17.7 Å². The van der Waals surface area contributed by atoms with Gasteiger partial charge < -0.3 is 19.5 Å². The first-order valence-electron chi connectivity index (χ1n) is 10.5. The third kappa shape index (κ3) is 3.83. The highest BCUT2D eigenvalue weighted by Crippen LogP contribution is 2.41. The van der Waals surface area contributed by atoms with Gasteiger partial charge in [0.25, 0.3) is 11.7 Å². The summed E-state index contributed by atoms with van der Waals surface area (Å²) in [7, 11) is 1.58. The number of carbonyl (C=O) groups is 2. The van der Waals surface area contributed by atoms with Crippen LogP contribution < -0.4 is 4.74 Å². The van der Waals surface area contributed by atoms with Gasteiger partial charge in [0.05, 0.1) is 24.8 Å². The van der Waals surface area contributed by atoms with Crippen LogP contribution in [-0.4, -0.2) is 48.1 Å². The zero-order valence-electron chi connectivity index (χ0n) is 18.1. The van der Waals surface area contributed by atoms with Crippen LogP contribution in [0.3, 0.4) is 0 Å². The van der Waals surface area contributed by atoms with Crippen LogP contribution >= 0.6 is 0 Å². The molecule has 2 fully saturated rings. The maximum absolute atomic E-state index is 13.1. The lowest BCUT2D eigenvalue weighted by Crippen LogP contribution is -2.36. The molecule has 6 heteroatoms. The van der Waals surface area contributed by atoms with Gasteiger partial charge >= 0.3 is 0 Å². The average Bonchev–Trinajstić information content (AvgIpc) is 3.36. The second-order valence-corrected chi connectivity index (χ2v) is 8.13. The van der Waals surface area contributed by atoms with Gasteiger partial charge in [0, 0.05) is 18.7 Å². The molecule has 1 amide bonds. The summed E-state index contributed by atoms with van der Waals surface area (Å²) in [4.78, 5) is 27.7. The summed E-state index contributed by atoms with van der Waals surface area (Å²) in [5.41, 5.74) is 3.19. The molecular weight excluding hydrogens is 394 g/mol. The molecule has 6 nitrogen and oxygen atoms in total. The van der Waals surface area contributed by atoms with Crippen LogP contribution in [0, 0.1) is 13.8 Å². The molecule has 31 heavy (non-hydrogen) atoms. The number of rotatable bonds is 5. The average molecular weight is 421 g/mol. The Morgan fingerprint density at radius 1 is 1.16 bits per heavy atom. The summed E-state index contributed by atoms with van der Waals surface area (Å²) in [6, 6.07) is 12.2. The number of ketones is 1. The van der Waals surface area contributed by atoms with Gasteiger partial charge in [0.2, 0.25) is 0 Å². The quantitative estimate of drug-likeness (QED) is 0.450. The normalized spacial score (nSPS) is 22.9. The van der Waals surface area contributed by atoms with E-state index >= 15 is 0 Å². The fourth-order valence-corrected chi connectivity index (χ4v) is 4.47. The van der Waals surface area contributed by atoms with Crippen molar-refractivity contribution in [3.05, 3.63) is 70.3 Å². The number of Topliss-reactive ketones (excluding diaryl/α,β-unsaturated/α-hetero) is 1. The zero-order valence-corrected chi connectivity index (χ0v) is 18.1. The Bertz CT molecular complexity index is 1050. The predicted molar refractivity (Wildman–Crippen MR) is 117 cm³/mol. The van der Waals surface area contributed by atoms with Crippen LogP contribution in [0.4, 0.5) is 0 Å². The Labute approximate surface area is 182 Å². The standard InChI is InChI=1S/C25H27NO5/c1-15-7-4-5-9-19(15)22-21(23(27)17-10-11-20(30-3)16(2)13-17)24(28)25(29)26(22)14-18-8-6-12-31-18/h4-5,7,9-11,13,18,22,27H,6,8,12,14H2,1-3H3/b23-21+. The highest BCUT2D eigenvalue weighted by atomic mass is 16.5. The molecule has 0 spiro atoms. The topological polar surface area (TPSA) is 76.1 Å². The van der Waals surface area contributed by atoms with Crippen molar-refractivity contribution in [1.82, 2.24) is 4.90 Å². The summed E-state index contributed by atoms with van der Waals surface area (Å²) in [6.45, 7) is 4.79. The molecule has 0 radical (unpaired) electrons. The molecule has 162 valence electrons. The molecule has 2 aliphatic rings. The van der Waals surface area contributed by atoms with Crippen molar-refractivity contribution >= 4 is 17.4 Å². The van der Waals surface area contributed by atoms with Crippen molar-refractivity contribution in [2.75, 3.05) is 20.3 Å². The largest absolute Gasteiger partial charge is 0.507 e. The minimum Gasteiger partial charge on any atom is -0.507 e. The Balaban J connectivity index is 1.85. The van der Waals surface area contributed by atoms with E-state index in [-0.39, 0.29) is 17.4 Å². The molecule has 2 atom stereocenters. The molecule has 0 saturated carbocycles. The number of aliphatic hydroxyl groups is 1. The zero-order chi connectivity index (χ0) is 22.1. The lowest BCUT2D eigenvalue weighted by atomic mass is 9.92. The third-order valence-corrected chi connectivity index (χ3v) is 6.12. The minimum absolute atomic E-state index is 0.104. The number of carbonyl (C=O) groups excluding carboxylic acids is 2. The van der Waals surface area contributed by atoms with E-state index in [2.05, 4.69) is 0 Å². The fraction of sp³-hybridized carbons (Fsp3) is 0.360. The van der Waals surface area contributed by atoms with E-state index in [9.17, 15) is 14.7 Å². The number of hydrogen-bond acceptors (Lipinski definition) is 5. The van der Waals surface area contributed by atoms with Gasteiger partial charge in [-0.3, -0.25) is 9.59 Å². The highest BCUT2D eigenvalue weighted by molar-refractivity contribution is 6.46. The number of nitrogens with zero attached hydrogens (tertiary/aromatic N) is 1. The van der Waals surface area contributed by atoms with Gasteiger partial charge in [0.15, 0.2) is 0 Å². The van der Waals surface area contributed by atoms with E-state index in [0.29, 0.717) is 24.5 Å². The van der Waals surface area contributed by atoms with Crippen molar-refractivity contribution in [3.63, 3.8) is 0 Å². The number of likely N-dealkylation sites (tertiary alicyclic amines) is 1. The minimum atomic E-state index is -0.669. The van der Waals surface area contributed by atoms with Gasteiger partial charge in [-0.1, -0.05) is 24.3 Å². The number of amides is 1. The second kappa shape index (κ2) is 8.55. The van der Waals surface area contributed by atoms with Crippen LogP contribution in [0.1, 0.15) is 41.1 Å². The number of ether oxygens (including phenoxy) is 2. The molecule has 2 heterocycles. The summed E-state index contributed by atoms with van der Waals surface area (Å²) >= 11 is 0. The molecule has 0 bridgehead atoms. The van der Waals surface area contributed by atoms with Gasteiger partial charge in [-0.15, -0.1) is 0 Å². The van der Waals surface area contributed by atoms with Crippen molar-refractivity contribution in [1.29, 1.82) is 0 Å². The number of hydrogen-bond donors (Lipinski definition) is 1. The summed E-state index contributed by atoms with van der Waals surface area (Å²) < 4.78 is 11.0. The molecule has 2 saturated heterocycles. The molecule has 4 rings (SSSR count). The van der Waals surface area contributed by atoms with Crippen LogP contribution in [0.15, 0.2) is 48.0 Å². The van der Waals surface area contributed by atoms with Gasteiger partial charge in [-0.2, -0.15) is 0 Å². The molecule has 2 aliphatic heterocycles. The molecular formula is C25H27NO5. The Morgan fingerprint density at radius 3 is 2.58 bits per heavy atom. The van der Waals surface area contributed by atoms with Gasteiger partial charge in [-0.25, -0.2) is 0 Å². The highest BCUT2D eigenvalue weighted by Gasteiger charge is 2.47. The summed E-state index contributed by atoms with van der Waals surface area (Å²) in [6.07, 6.45) is 1.68. The van der Waals surface area contributed by atoms with Crippen LogP contribution in [0.25, 0.3) is 5.76 Å². The van der Waals surface area contributed by atoms with Crippen molar-refractivity contribution in [3.8, 4) is 5.75 Å². The van der Waals surface area contributed by atoms with E-state index in [4.69, 9.17) is 9.47 Å². The Morgan fingerprint density at radius 2 is 1.94 bits per heavy atom. The number of aryl methyl sites for hydroxylation is 2.